The van der Waals surface area contributed by atoms with Gasteiger partial charge in [-0.05, 0) is 36.5 Å². The molecule has 2 N–H and O–H groups in total. The Morgan fingerprint density at radius 1 is 1.19 bits per heavy atom. The molecule has 0 heterocycles. The lowest BCUT2D eigenvalue weighted by atomic mass is 9.79. The Labute approximate surface area is 133 Å². The molecule has 0 spiro atoms. The van der Waals surface area contributed by atoms with E-state index in [1.807, 2.05) is 24.3 Å². The van der Waals surface area contributed by atoms with Crippen LogP contribution in [0.4, 0.5) is 0 Å². The van der Waals surface area contributed by atoms with Gasteiger partial charge in [-0.15, -0.1) is 0 Å². The first-order chi connectivity index (χ1) is 10.1. The third-order valence-corrected chi connectivity index (χ3v) is 4.59. The number of carbonyl (C=O) groups is 2. The lowest BCUT2D eigenvalue weighted by Gasteiger charge is -2.28. The maximum atomic E-state index is 11.9. The standard InChI is InChI=1S/C16H20BrNO3/c17-13-7-5-11(6-8-13)9-15(19)18-10-12-3-1-2-4-14(12)16(20)21/h5-8,12,14H,1-4,9-10H2,(H,18,19)(H,20,21). The lowest BCUT2D eigenvalue weighted by Crippen LogP contribution is -2.37. The summed E-state index contributed by atoms with van der Waals surface area (Å²) in [5, 5.41) is 12.1. The summed E-state index contributed by atoms with van der Waals surface area (Å²) in [4.78, 5) is 23.2. The Morgan fingerprint density at radius 3 is 2.52 bits per heavy atom. The molecule has 1 saturated carbocycles. The normalized spacial score (nSPS) is 21.8. The lowest BCUT2D eigenvalue weighted by molar-refractivity contribution is -0.145. The molecule has 0 saturated heterocycles. The number of amides is 1. The van der Waals surface area contributed by atoms with Crippen molar-refractivity contribution in [3.63, 3.8) is 0 Å². The summed E-state index contributed by atoms with van der Waals surface area (Å²) in [7, 11) is 0. The van der Waals surface area contributed by atoms with Crippen LogP contribution >= 0.6 is 15.9 Å². The van der Waals surface area contributed by atoms with Crippen LogP contribution in [-0.2, 0) is 16.0 Å². The van der Waals surface area contributed by atoms with Gasteiger partial charge in [0.2, 0.25) is 5.91 Å². The second kappa shape index (κ2) is 7.59. The second-order valence-electron chi connectivity index (χ2n) is 5.60. The summed E-state index contributed by atoms with van der Waals surface area (Å²) in [5.74, 6) is -1.04. The van der Waals surface area contributed by atoms with Crippen LogP contribution in [0.2, 0.25) is 0 Å². The molecule has 1 aliphatic carbocycles. The van der Waals surface area contributed by atoms with Gasteiger partial charge in [0.05, 0.1) is 12.3 Å². The van der Waals surface area contributed by atoms with E-state index < -0.39 is 5.97 Å². The van der Waals surface area contributed by atoms with Crippen molar-refractivity contribution in [2.75, 3.05) is 6.54 Å². The van der Waals surface area contributed by atoms with Gasteiger partial charge in [0.25, 0.3) is 0 Å². The van der Waals surface area contributed by atoms with Crippen molar-refractivity contribution in [3.8, 4) is 0 Å². The van der Waals surface area contributed by atoms with Crippen LogP contribution in [0.3, 0.4) is 0 Å². The van der Waals surface area contributed by atoms with Gasteiger partial charge in [-0.1, -0.05) is 40.9 Å². The zero-order valence-electron chi connectivity index (χ0n) is 11.8. The van der Waals surface area contributed by atoms with E-state index in [1.165, 1.54) is 0 Å². The molecule has 1 amide bonds. The van der Waals surface area contributed by atoms with Crippen LogP contribution in [0.15, 0.2) is 28.7 Å². The smallest absolute Gasteiger partial charge is 0.306 e. The minimum atomic E-state index is -0.734. The van der Waals surface area contributed by atoms with Gasteiger partial charge in [0.15, 0.2) is 0 Å². The number of rotatable bonds is 5. The number of benzene rings is 1. The monoisotopic (exact) mass is 353 g/mol. The van der Waals surface area contributed by atoms with E-state index in [9.17, 15) is 14.7 Å². The van der Waals surface area contributed by atoms with E-state index in [4.69, 9.17) is 0 Å². The summed E-state index contributed by atoms with van der Waals surface area (Å²) in [6.07, 6.45) is 3.97. The molecule has 0 bridgehead atoms. The van der Waals surface area contributed by atoms with Gasteiger partial charge >= 0.3 is 5.97 Å². The first-order valence-electron chi connectivity index (χ1n) is 7.30. The Kier molecular flexibility index (Phi) is 5.79. The molecule has 1 aromatic rings. The minimum Gasteiger partial charge on any atom is -0.481 e. The average Bonchev–Trinajstić information content (AvgIpc) is 2.48. The van der Waals surface area contributed by atoms with Crippen molar-refractivity contribution < 1.29 is 14.7 Å². The van der Waals surface area contributed by atoms with Gasteiger partial charge < -0.3 is 10.4 Å². The van der Waals surface area contributed by atoms with Gasteiger partial charge in [-0.3, -0.25) is 9.59 Å². The largest absolute Gasteiger partial charge is 0.481 e. The molecular weight excluding hydrogens is 334 g/mol. The van der Waals surface area contributed by atoms with Crippen molar-refractivity contribution >= 4 is 27.8 Å². The van der Waals surface area contributed by atoms with Crippen LogP contribution in [0.5, 0.6) is 0 Å². The van der Waals surface area contributed by atoms with Crippen molar-refractivity contribution in [3.05, 3.63) is 34.3 Å². The number of hydrogen-bond donors (Lipinski definition) is 2. The topological polar surface area (TPSA) is 66.4 Å². The maximum absolute atomic E-state index is 11.9. The summed E-state index contributed by atoms with van der Waals surface area (Å²) < 4.78 is 0.984. The van der Waals surface area contributed by atoms with E-state index >= 15 is 0 Å². The Bertz CT molecular complexity index is 501. The van der Waals surface area contributed by atoms with Crippen molar-refractivity contribution in [1.82, 2.24) is 5.32 Å². The zero-order chi connectivity index (χ0) is 15.2. The number of nitrogens with one attached hydrogen (secondary N) is 1. The number of carbonyl (C=O) groups excluding carboxylic acids is 1. The zero-order valence-corrected chi connectivity index (χ0v) is 13.4. The second-order valence-corrected chi connectivity index (χ2v) is 6.51. The van der Waals surface area contributed by atoms with Crippen molar-refractivity contribution in [2.24, 2.45) is 11.8 Å². The van der Waals surface area contributed by atoms with Gasteiger partial charge in [0.1, 0.15) is 0 Å². The van der Waals surface area contributed by atoms with E-state index in [2.05, 4.69) is 21.2 Å². The highest BCUT2D eigenvalue weighted by Gasteiger charge is 2.30. The fourth-order valence-electron chi connectivity index (χ4n) is 2.87. The molecule has 0 aliphatic heterocycles. The molecule has 0 aromatic heterocycles. The quantitative estimate of drug-likeness (QED) is 0.854. The predicted molar refractivity (Wildman–Crippen MR) is 83.9 cm³/mol. The number of hydrogen-bond acceptors (Lipinski definition) is 2. The SMILES string of the molecule is O=C(Cc1ccc(Br)cc1)NCC1CCCCC1C(=O)O. The van der Waals surface area contributed by atoms with Crippen LogP contribution in [0.25, 0.3) is 0 Å². The number of halogens is 1. The first-order valence-corrected chi connectivity index (χ1v) is 8.09. The molecule has 5 heteroatoms. The van der Waals surface area contributed by atoms with Crippen molar-refractivity contribution in [1.29, 1.82) is 0 Å². The third-order valence-electron chi connectivity index (χ3n) is 4.07. The predicted octanol–water partition coefficient (Wildman–Crippen LogP) is 3.00. The molecule has 1 aromatic carbocycles. The molecule has 0 radical (unpaired) electrons. The van der Waals surface area contributed by atoms with Crippen LogP contribution in [0, 0.1) is 11.8 Å². The highest BCUT2D eigenvalue weighted by molar-refractivity contribution is 9.10. The molecule has 2 rings (SSSR count). The highest BCUT2D eigenvalue weighted by atomic mass is 79.9. The maximum Gasteiger partial charge on any atom is 0.306 e. The molecule has 1 fully saturated rings. The Hall–Kier alpha value is -1.36. The molecule has 4 nitrogen and oxygen atoms in total. The van der Waals surface area contributed by atoms with Gasteiger partial charge in [-0.2, -0.15) is 0 Å². The van der Waals surface area contributed by atoms with Crippen molar-refractivity contribution in [2.45, 2.75) is 32.1 Å². The van der Waals surface area contributed by atoms with E-state index in [0.717, 1.165) is 35.7 Å². The summed E-state index contributed by atoms with van der Waals surface area (Å²) in [5.41, 5.74) is 0.953. The molecular formula is C16H20BrNO3. The summed E-state index contributed by atoms with van der Waals surface area (Å²) >= 11 is 3.36. The Morgan fingerprint density at radius 2 is 1.86 bits per heavy atom. The molecule has 2 unspecified atom stereocenters. The van der Waals surface area contributed by atoms with Gasteiger partial charge in [-0.25, -0.2) is 0 Å². The molecule has 21 heavy (non-hydrogen) atoms. The van der Waals surface area contributed by atoms with E-state index in [0.29, 0.717) is 13.0 Å². The van der Waals surface area contributed by atoms with Crippen LogP contribution < -0.4 is 5.32 Å². The van der Waals surface area contributed by atoms with E-state index in [1.54, 1.807) is 0 Å². The fraction of sp³-hybridized carbons (Fsp3) is 0.500. The average molecular weight is 354 g/mol. The first kappa shape index (κ1) is 16.0. The molecule has 1 aliphatic rings. The summed E-state index contributed by atoms with van der Waals surface area (Å²) in [6, 6.07) is 7.63. The highest BCUT2D eigenvalue weighted by Crippen LogP contribution is 2.29. The molecule has 2 atom stereocenters. The number of carboxylic acid groups (broad SMARTS) is 1. The molecule has 114 valence electrons. The van der Waals surface area contributed by atoms with E-state index in [-0.39, 0.29) is 17.7 Å². The summed E-state index contributed by atoms with van der Waals surface area (Å²) in [6.45, 7) is 0.465. The van der Waals surface area contributed by atoms with Crippen LogP contribution in [0.1, 0.15) is 31.2 Å². The number of carboxylic acids is 1. The fourth-order valence-corrected chi connectivity index (χ4v) is 3.14. The minimum absolute atomic E-state index is 0.0490. The number of aliphatic carboxylic acids is 1. The Balaban J connectivity index is 1.82. The third kappa shape index (κ3) is 4.84. The van der Waals surface area contributed by atoms with Gasteiger partial charge in [0, 0.05) is 11.0 Å². The van der Waals surface area contributed by atoms with Crippen LogP contribution in [-0.4, -0.2) is 23.5 Å².